The van der Waals surface area contributed by atoms with Gasteiger partial charge < -0.3 is 21.3 Å². The van der Waals surface area contributed by atoms with Crippen LogP contribution in [0, 0.1) is 0 Å². The summed E-state index contributed by atoms with van der Waals surface area (Å²) in [4.78, 5) is 12.1. The van der Waals surface area contributed by atoms with Crippen molar-refractivity contribution in [2.45, 2.75) is 13.0 Å². The monoisotopic (exact) mass is 272 g/mol. The molecule has 0 aliphatic rings. The Hall–Kier alpha value is -2.69. The minimum Gasteiger partial charge on any atom is -0.508 e. The van der Waals surface area contributed by atoms with E-state index in [1.807, 2.05) is 18.2 Å². The minimum absolute atomic E-state index is 0.0198. The fraction of sp³-hybridized carbons (Fsp3) is 0.133. The van der Waals surface area contributed by atoms with Gasteiger partial charge in [-0.25, -0.2) is 0 Å². The Morgan fingerprint density at radius 2 is 1.90 bits per heavy atom. The van der Waals surface area contributed by atoms with Crippen molar-refractivity contribution in [3.05, 3.63) is 53.6 Å². The molecular formula is C15H16N2O3. The van der Waals surface area contributed by atoms with E-state index in [1.165, 1.54) is 18.2 Å². The number of benzene rings is 2. The topological polar surface area (TPSA) is 95.6 Å². The molecule has 0 heterocycles. The number of aromatic hydroxyl groups is 2. The third-order valence-corrected chi connectivity index (χ3v) is 3.03. The molecule has 0 bridgehead atoms. The zero-order valence-electron chi connectivity index (χ0n) is 11.0. The predicted molar refractivity (Wildman–Crippen MR) is 76.5 cm³/mol. The van der Waals surface area contributed by atoms with Gasteiger partial charge in [-0.15, -0.1) is 0 Å². The molecule has 5 N–H and O–H groups in total. The summed E-state index contributed by atoms with van der Waals surface area (Å²) < 4.78 is 0. The maximum Gasteiger partial charge on any atom is 0.255 e. The molecule has 1 unspecified atom stereocenters. The van der Waals surface area contributed by atoms with Crippen LogP contribution in [0.3, 0.4) is 0 Å². The number of nitrogen functional groups attached to an aromatic ring is 1. The number of phenolic OH excluding ortho intramolecular Hbond substituents is 2. The van der Waals surface area contributed by atoms with Crippen LogP contribution < -0.4 is 11.1 Å². The SMILES string of the molecule is CC(NC(=O)c1cc(O)ccc1O)c1ccccc1N. The van der Waals surface area contributed by atoms with Crippen LogP contribution in [0.15, 0.2) is 42.5 Å². The Balaban J connectivity index is 2.20. The molecular weight excluding hydrogens is 256 g/mol. The zero-order valence-corrected chi connectivity index (χ0v) is 11.0. The third-order valence-electron chi connectivity index (χ3n) is 3.03. The van der Waals surface area contributed by atoms with E-state index in [-0.39, 0.29) is 23.1 Å². The van der Waals surface area contributed by atoms with E-state index < -0.39 is 5.91 Å². The first-order valence-corrected chi connectivity index (χ1v) is 6.16. The summed E-state index contributed by atoms with van der Waals surface area (Å²) in [5, 5.41) is 21.7. The highest BCUT2D eigenvalue weighted by Gasteiger charge is 2.16. The highest BCUT2D eigenvalue weighted by Crippen LogP contribution is 2.24. The Bertz CT molecular complexity index is 641. The summed E-state index contributed by atoms with van der Waals surface area (Å²) in [5.74, 6) is -0.748. The van der Waals surface area contributed by atoms with E-state index in [9.17, 15) is 15.0 Å². The van der Waals surface area contributed by atoms with Gasteiger partial charge in [0.2, 0.25) is 0 Å². The minimum atomic E-state index is -0.478. The number of nitrogens with one attached hydrogen (secondary N) is 1. The Labute approximate surface area is 116 Å². The van der Waals surface area contributed by atoms with Gasteiger partial charge >= 0.3 is 0 Å². The first kappa shape index (κ1) is 13.7. The van der Waals surface area contributed by atoms with Gasteiger partial charge in [0.1, 0.15) is 11.5 Å². The lowest BCUT2D eigenvalue weighted by molar-refractivity contribution is 0.0937. The molecule has 2 rings (SSSR count). The lowest BCUT2D eigenvalue weighted by atomic mass is 10.1. The molecule has 0 aliphatic carbocycles. The molecule has 104 valence electrons. The molecule has 0 aliphatic heterocycles. The van der Waals surface area contributed by atoms with Crippen molar-refractivity contribution in [1.82, 2.24) is 5.32 Å². The van der Waals surface area contributed by atoms with Crippen LogP contribution in [0.4, 0.5) is 5.69 Å². The first-order chi connectivity index (χ1) is 9.49. The average molecular weight is 272 g/mol. The van der Waals surface area contributed by atoms with Crippen molar-refractivity contribution >= 4 is 11.6 Å². The van der Waals surface area contributed by atoms with E-state index in [0.717, 1.165) is 5.56 Å². The van der Waals surface area contributed by atoms with Crippen LogP contribution in [0.1, 0.15) is 28.9 Å². The van der Waals surface area contributed by atoms with E-state index in [0.29, 0.717) is 5.69 Å². The Kier molecular flexibility index (Phi) is 3.79. The largest absolute Gasteiger partial charge is 0.508 e. The number of nitrogens with two attached hydrogens (primary N) is 1. The van der Waals surface area contributed by atoms with Crippen molar-refractivity contribution in [2.75, 3.05) is 5.73 Å². The van der Waals surface area contributed by atoms with E-state index in [4.69, 9.17) is 5.73 Å². The summed E-state index contributed by atoms with van der Waals surface area (Å²) in [6.45, 7) is 1.80. The summed E-state index contributed by atoms with van der Waals surface area (Å²) in [5.41, 5.74) is 7.24. The van der Waals surface area contributed by atoms with Crippen molar-refractivity contribution in [3.8, 4) is 11.5 Å². The number of hydrogen-bond acceptors (Lipinski definition) is 4. The molecule has 2 aromatic rings. The number of amides is 1. The summed E-state index contributed by atoms with van der Waals surface area (Å²) in [6.07, 6.45) is 0. The van der Waals surface area contributed by atoms with Gasteiger partial charge in [-0.3, -0.25) is 4.79 Å². The quantitative estimate of drug-likeness (QED) is 0.508. The third kappa shape index (κ3) is 2.83. The molecule has 0 spiro atoms. The molecule has 1 amide bonds. The molecule has 0 saturated heterocycles. The second-order valence-corrected chi connectivity index (χ2v) is 4.53. The predicted octanol–water partition coefficient (Wildman–Crippen LogP) is 2.17. The van der Waals surface area contributed by atoms with Crippen LogP contribution in [-0.4, -0.2) is 16.1 Å². The Morgan fingerprint density at radius 1 is 1.20 bits per heavy atom. The number of phenols is 2. The van der Waals surface area contributed by atoms with Gasteiger partial charge in [-0.1, -0.05) is 18.2 Å². The maximum absolute atomic E-state index is 12.1. The van der Waals surface area contributed by atoms with Gasteiger partial charge in [0, 0.05) is 5.69 Å². The van der Waals surface area contributed by atoms with Gasteiger partial charge in [0.05, 0.1) is 11.6 Å². The fourth-order valence-electron chi connectivity index (χ4n) is 1.96. The number of rotatable bonds is 3. The number of para-hydroxylation sites is 1. The standard InChI is InChI=1S/C15H16N2O3/c1-9(11-4-2-3-5-13(11)16)17-15(20)12-8-10(18)6-7-14(12)19/h2-9,18-19H,16H2,1H3,(H,17,20). The molecule has 1 atom stereocenters. The molecule has 0 fully saturated rings. The smallest absolute Gasteiger partial charge is 0.255 e. The number of carbonyl (C=O) groups is 1. The highest BCUT2D eigenvalue weighted by atomic mass is 16.3. The van der Waals surface area contributed by atoms with Gasteiger partial charge in [-0.05, 0) is 36.8 Å². The van der Waals surface area contributed by atoms with Crippen LogP contribution in [0.2, 0.25) is 0 Å². The number of carbonyl (C=O) groups excluding carboxylic acids is 1. The van der Waals surface area contributed by atoms with E-state index >= 15 is 0 Å². The van der Waals surface area contributed by atoms with Crippen molar-refractivity contribution in [3.63, 3.8) is 0 Å². The van der Waals surface area contributed by atoms with Gasteiger partial charge in [-0.2, -0.15) is 0 Å². The van der Waals surface area contributed by atoms with Crippen molar-refractivity contribution in [2.24, 2.45) is 0 Å². The molecule has 5 nitrogen and oxygen atoms in total. The average Bonchev–Trinajstić information content (AvgIpc) is 2.41. The number of hydrogen-bond donors (Lipinski definition) is 4. The summed E-state index contributed by atoms with van der Waals surface area (Å²) in [7, 11) is 0. The maximum atomic E-state index is 12.1. The molecule has 5 heteroatoms. The summed E-state index contributed by atoms with van der Waals surface area (Å²) >= 11 is 0. The van der Waals surface area contributed by atoms with Gasteiger partial charge in [0.25, 0.3) is 5.91 Å². The molecule has 2 aromatic carbocycles. The van der Waals surface area contributed by atoms with Crippen LogP contribution >= 0.6 is 0 Å². The normalized spacial score (nSPS) is 11.8. The zero-order chi connectivity index (χ0) is 14.7. The van der Waals surface area contributed by atoms with Crippen molar-refractivity contribution < 1.29 is 15.0 Å². The van der Waals surface area contributed by atoms with Crippen LogP contribution in [-0.2, 0) is 0 Å². The molecule has 20 heavy (non-hydrogen) atoms. The van der Waals surface area contributed by atoms with E-state index in [2.05, 4.69) is 5.32 Å². The second kappa shape index (κ2) is 5.52. The van der Waals surface area contributed by atoms with E-state index in [1.54, 1.807) is 13.0 Å². The number of anilines is 1. The molecule has 0 radical (unpaired) electrons. The lowest BCUT2D eigenvalue weighted by Crippen LogP contribution is -2.27. The molecule has 0 aromatic heterocycles. The summed E-state index contributed by atoms with van der Waals surface area (Å²) in [6, 6.07) is 10.7. The highest BCUT2D eigenvalue weighted by molar-refractivity contribution is 5.97. The Morgan fingerprint density at radius 3 is 2.60 bits per heavy atom. The first-order valence-electron chi connectivity index (χ1n) is 6.16. The second-order valence-electron chi connectivity index (χ2n) is 4.53. The van der Waals surface area contributed by atoms with Crippen LogP contribution in [0.25, 0.3) is 0 Å². The van der Waals surface area contributed by atoms with Crippen LogP contribution in [0.5, 0.6) is 11.5 Å². The van der Waals surface area contributed by atoms with Crippen molar-refractivity contribution in [1.29, 1.82) is 0 Å². The lowest BCUT2D eigenvalue weighted by Gasteiger charge is -2.16. The fourth-order valence-corrected chi connectivity index (χ4v) is 1.96. The van der Waals surface area contributed by atoms with Gasteiger partial charge in [0.15, 0.2) is 0 Å². The molecule has 0 saturated carbocycles.